The number of halogens is 1. The van der Waals surface area contributed by atoms with Gasteiger partial charge in [-0.1, -0.05) is 12.1 Å². The van der Waals surface area contributed by atoms with E-state index in [0.717, 1.165) is 0 Å². The lowest BCUT2D eigenvalue weighted by Gasteiger charge is -2.25. The Kier molecular flexibility index (Phi) is 8.90. The standard InChI is InChI=1S/C22H30FN6O5P/c1-14(2)34-22(30)16(4)28-35(31,33-10-17-5-7-18(23)8-6-17)13-32-15(3)9-29-12-27-19-20(24)25-11-26-21(19)29/h5-8,11-12,14-16H,9-10,13H2,1-4H3,(H,28,31)(H2,24,25,26)/t15-,16+,35?/m1/s1. The van der Waals surface area contributed by atoms with Crippen LogP contribution in [0.5, 0.6) is 0 Å². The van der Waals surface area contributed by atoms with Gasteiger partial charge in [0.1, 0.15) is 30.1 Å². The summed E-state index contributed by atoms with van der Waals surface area (Å²) in [7, 11) is -3.69. The molecule has 0 saturated heterocycles. The number of nitrogens with two attached hydrogens (primary N) is 1. The van der Waals surface area contributed by atoms with Gasteiger partial charge >= 0.3 is 5.97 Å². The summed E-state index contributed by atoms with van der Waals surface area (Å²) in [6, 6.07) is 4.70. The molecule has 35 heavy (non-hydrogen) atoms. The molecule has 2 heterocycles. The topological polar surface area (TPSA) is 143 Å². The number of anilines is 1. The largest absolute Gasteiger partial charge is 0.462 e. The molecule has 3 N–H and O–H groups in total. The second-order valence-corrected chi connectivity index (χ2v) is 10.5. The van der Waals surface area contributed by atoms with E-state index < -0.39 is 31.5 Å². The van der Waals surface area contributed by atoms with Crippen LogP contribution in [0.15, 0.2) is 36.9 Å². The van der Waals surface area contributed by atoms with Gasteiger partial charge in [0.2, 0.25) is 0 Å². The molecule has 0 bridgehead atoms. The number of esters is 1. The van der Waals surface area contributed by atoms with Crippen LogP contribution in [0.4, 0.5) is 10.2 Å². The summed E-state index contributed by atoms with van der Waals surface area (Å²) in [5.41, 5.74) is 7.47. The van der Waals surface area contributed by atoms with Crippen LogP contribution in [0.25, 0.3) is 11.2 Å². The lowest BCUT2D eigenvalue weighted by Crippen LogP contribution is -2.36. The van der Waals surface area contributed by atoms with E-state index in [0.29, 0.717) is 23.3 Å². The van der Waals surface area contributed by atoms with Crippen LogP contribution in [-0.2, 0) is 36.5 Å². The molecule has 3 rings (SSSR count). The number of rotatable bonds is 12. The molecule has 0 aliphatic heterocycles. The molecule has 0 amide bonds. The Hall–Kier alpha value is -2.92. The van der Waals surface area contributed by atoms with Gasteiger partial charge in [-0.15, -0.1) is 0 Å². The molecule has 3 atom stereocenters. The number of fused-ring (bicyclic) bond motifs is 1. The third-order valence-corrected chi connectivity index (χ3v) is 6.68. The molecule has 11 nitrogen and oxygen atoms in total. The quantitative estimate of drug-likeness (QED) is 0.276. The fourth-order valence-corrected chi connectivity index (χ4v) is 4.87. The van der Waals surface area contributed by atoms with E-state index in [1.165, 1.54) is 37.5 Å². The maximum Gasteiger partial charge on any atom is 0.323 e. The molecular weight excluding hydrogens is 478 g/mol. The molecule has 0 aliphatic rings. The molecule has 0 spiro atoms. The summed E-state index contributed by atoms with van der Waals surface area (Å²) < 4.78 is 45.3. The van der Waals surface area contributed by atoms with Crippen LogP contribution in [0.2, 0.25) is 0 Å². The monoisotopic (exact) mass is 508 g/mol. The van der Waals surface area contributed by atoms with E-state index in [9.17, 15) is 13.8 Å². The predicted molar refractivity (Wildman–Crippen MR) is 128 cm³/mol. The van der Waals surface area contributed by atoms with Crippen molar-refractivity contribution < 1.29 is 27.7 Å². The van der Waals surface area contributed by atoms with Crippen molar-refractivity contribution in [3.05, 3.63) is 48.3 Å². The van der Waals surface area contributed by atoms with Crippen molar-refractivity contribution in [3.63, 3.8) is 0 Å². The highest BCUT2D eigenvalue weighted by atomic mass is 31.2. The van der Waals surface area contributed by atoms with Crippen molar-refractivity contribution in [3.8, 4) is 0 Å². The average Bonchev–Trinajstić information content (AvgIpc) is 3.21. The second-order valence-electron chi connectivity index (χ2n) is 8.34. The van der Waals surface area contributed by atoms with Gasteiger partial charge in [-0.25, -0.2) is 24.4 Å². The first-order valence-electron chi connectivity index (χ1n) is 11.1. The molecule has 0 saturated carbocycles. The van der Waals surface area contributed by atoms with Gasteiger partial charge in [-0.3, -0.25) is 9.36 Å². The fourth-order valence-electron chi connectivity index (χ4n) is 3.14. The number of hydrogen-bond acceptors (Lipinski definition) is 9. The summed E-state index contributed by atoms with van der Waals surface area (Å²) in [6.07, 6.45) is 1.85. The Labute approximate surface area is 202 Å². The molecule has 13 heteroatoms. The van der Waals surface area contributed by atoms with Crippen LogP contribution in [0, 0.1) is 5.82 Å². The summed E-state index contributed by atoms with van der Waals surface area (Å²) in [6.45, 7) is 7.03. The van der Waals surface area contributed by atoms with Gasteiger partial charge in [0, 0.05) is 0 Å². The number of carbonyl (C=O) groups is 1. The Morgan fingerprint density at radius 3 is 2.57 bits per heavy atom. The lowest BCUT2D eigenvalue weighted by molar-refractivity contribution is -0.149. The zero-order valence-electron chi connectivity index (χ0n) is 20.1. The van der Waals surface area contributed by atoms with Crippen molar-refractivity contribution in [2.75, 3.05) is 12.1 Å². The first kappa shape index (κ1) is 26.7. The molecule has 0 aliphatic carbocycles. The summed E-state index contributed by atoms with van der Waals surface area (Å²) in [4.78, 5) is 24.6. The van der Waals surface area contributed by atoms with Crippen molar-refractivity contribution in [2.24, 2.45) is 0 Å². The Morgan fingerprint density at radius 1 is 1.17 bits per heavy atom. The van der Waals surface area contributed by atoms with Gasteiger partial charge in [0.05, 0.1) is 31.7 Å². The fraction of sp³-hybridized carbons (Fsp3) is 0.455. The van der Waals surface area contributed by atoms with E-state index in [2.05, 4.69) is 20.0 Å². The summed E-state index contributed by atoms with van der Waals surface area (Å²) in [5.74, 6) is -0.690. The Bertz CT molecular complexity index is 1190. The first-order chi connectivity index (χ1) is 16.6. The lowest BCUT2D eigenvalue weighted by atomic mass is 10.2. The van der Waals surface area contributed by atoms with Crippen LogP contribution in [0.3, 0.4) is 0 Å². The molecule has 2 aromatic heterocycles. The van der Waals surface area contributed by atoms with Crippen molar-refractivity contribution in [1.29, 1.82) is 0 Å². The molecule has 0 radical (unpaired) electrons. The van der Waals surface area contributed by atoms with Gasteiger partial charge in [-0.2, -0.15) is 0 Å². The number of imidazole rings is 1. The SMILES string of the molecule is CC(C)OC(=O)[C@H](C)NP(=O)(CO[C@H](C)Cn1cnc2c(N)ncnc21)OCc1ccc(F)cc1. The molecule has 1 aromatic carbocycles. The average molecular weight is 508 g/mol. The minimum Gasteiger partial charge on any atom is -0.462 e. The van der Waals surface area contributed by atoms with Crippen LogP contribution >= 0.6 is 7.52 Å². The smallest absolute Gasteiger partial charge is 0.323 e. The highest BCUT2D eigenvalue weighted by Gasteiger charge is 2.31. The molecule has 1 unspecified atom stereocenters. The van der Waals surface area contributed by atoms with E-state index in [1.54, 1.807) is 31.7 Å². The van der Waals surface area contributed by atoms with Crippen LogP contribution in [0.1, 0.15) is 33.3 Å². The number of aromatic nitrogens is 4. The zero-order valence-corrected chi connectivity index (χ0v) is 20.9. The zero-order chi connectivity index (χ0) is 25.6. The number of carbonyl (C=O) groups excluding carboxylic acids is 1. The van der Waals surface area contributed by atoms with Gasteiger partial charge in [0.15, 0.2) is 11.5 Å². The van der Waals surface area contributed by atoms with Crippen LogP contribution in [-0.4, -0.2) is 50.1 Å². The van der Waals surface area contributed by atoms with Gasteiger partial charge < -0.3 is 24.3 Å². The summed E-state index contributed by atoms with van der Waals surface area (Å²) in [5, 5.41) is 2.73. The normalized spacial score (nSPS) is 15.1. The number of benzene rings is 1. The van der Waals surface area contributed by atoms with E-state index in [-0.39, 0.29) is 24.9 Å². The summed E-state index contributed by atoms with van der Waals surface area (Å²) >= 11 is 0. The number of nitrogen functional groups attached to an aromatic ring is 1. The van der Waals surface area contributed by atoms with E-state index >= 15 is 0 Å². The third kappa shape index (κ3) is 7.53. The van der Waals surface area contributed by atoms with E-state index in [4.69, 9.17) is 19.7 Å². The molecule has 3 aromatic rings. The number of nitrogens with zero attached hydrogens (tertiary/aromatic N) is 4. The molecule has 190 valence electrons. The van der Waals surface area contributed by atoms with Gasteiger partial charge in [0.25, 0.3) is 7.52 Å². The highest BCUT2D eigenvalue weighted by molar-refractivity contribution is 7.56. The second kappa shape index (κ2) is 11.7. The Morgan fingerprint density at radius 2 is 1.89 bits per heavy atom. The minimum atomic E-state index is -3.69. The third-order valence-electron chi connectivity index (χ3n) is 4.86. The number of hydrogen-bond donors (Lipinski definition) is 2. The predicted octanol–water partition coefficient (Wildman–Crippen LogP) is 3.25. The minimum absolute atomic E-state index is 0.0728. The van der Waals surface area contributed by atoms with Gasteiger partial charge in [-0.05, 0) is 45.4 Å². The number of ether oxygens (including phenoxy) is 2. The molecule has 0 fully saturated rings. The highest BCUT2D eigenvalue weighted by Crippen LogP contribution is 2.44. The maximum absolute atomic E-state index is 13.6. The Balaban J connectivity index is 1.68. The maximum atomic E-state index is 13.6. The van der Waals surface area contributed by atoms with E-state index in [1.807, 2.05) is 0 Å². The van der Waals surface area contributed by atoms with Crippen molar-refractivity contribution in [2.45, 2.75) is 59.1 Å². The number of nitrogens with one attached hydrogen (secondary N) is 1. The van der Waals surface area contributed by atoms with Crippen molar-refractivity contribution in [1.82, 2.24) is 24.6 Å². The van der Waals surface area contributed by atoms with Crippen molar-refractivity contribution >= 4 is 30.5 Å². The first-order valence-corrected chi connectivity index (χ1v) is 12.9. The van der Waals surface area contributed by atoms with Crippen LogP contribution < -0.4 is 10.8 Å². The molecular formula is C22H30FN6O5P.